The summed E-state index contributed by atoms with van der Waals surface area (Å²) < 4.78 is 0.860. The normalized spacial score (nSPS) is 14.9. The number of quaternary nitrogens is 1. The number of hydrogen-bond donors (Lipinski definition) is 1. The van der Waals surface area contributed by atoms with Crippen LogP contribution in [-0.2, 0) is 0 Å². The summed E-state index contributed by atoms with van der Waals surface area (Å²) in [5.74, 6) is 0. The molecule has 0 fully saturated rings. The third-order valence-corrected chi connectivity index (χ3v) is 5.11. The van der Waals surface area contributed by atoms with Crippen LogP contribution in [0.15, 0.2) is 0 Å². The highest BCUT2D eigenvalue weighted by molar-refractivity contribution is 6.20. The van der Waals surface area contributed by atoms with Gasteiger partial charge in [-0.2, -0.15) is 0 Å². The van der Waals surface area contributed by atoms with Gasteiger partial charge >= 0.3 is 0 Å². The number of likely N-dealkylation sites (N-methyl/N-ethyl adjacent to an activating group) is 1. The molecule has 0 radical (unpaired) electrons. The molecule has 0 aromatic heterocycles. The average Bonchev–Trinajstić information content (AvgIpc) is 2.46. The molecule has 0 heterocycles. The van der Waals surface area contributed by atoms with Crippen molar-refractivity contribution in [2.24, 2.45) is 0 Å². The lowest BCUT2D eigenvalue weighted by molar-refractivity contribution is -0.893. The smallest absolute Gasteiger partial charge is 0.104 e. The molecule has 140 valence electrons. The summed E-state index contributed by atoms with van der Waals surface area (Å²) in [6.45, 7) is 6.00. The minimum Gasteiger partial charge on any atom is -0.388 e. The van der Waals surface area contributed by atoms with Gasteiger partial charge in [0.1, 0.15) is 12.6 Å². The minimum atomic E-state index is -0.235. The van der Waals surface area contributed by atoms with Gasteiger partial charge in [0.05, 0.1) is 20.6 Å². The Labute approximate surface area is 151 Å². The van der Waals surface area contributed by atoms with Crippen LogP contribution < -0.4 is 0 Å². The van der Waals surface area contributed by atoms with Crippen LogP contribution in [-0.4, -0.2) is 48.3 Å². The highest BCUT2D eigenvalue weighted by atomic mass is 35.5. The standard InChI is InChI=1S/C20H43ClNO/c1-5-6-7-8-9-10-11-12-13-14-15-20(21)16-17-22(3,4)18-19(2)23/h19-20,23H,5-18H2,1-4H3/q+1. The summed E-state index contributed by atoms with van der Waals surface area (Å²) >= 11 is 6.46. The second kappa shape index (κ2) is 14.5. The highest BCUT2D eigenvalue weighted by Gasteiger charge is 2.19. The third kappa shape index (κ3) is 16.8. The maximum Gasteiger partial charge on any atom is 0.104 e. The molecule has 3 heteroatoms. The molecular weight excluding hydrogens is 306 g/mol. The molecule has 2 unspecified atom stereocenters. The summed E-state index contributed by atoms with van der Waals surface area (Å²) in [7, 11) is 4.35. The Balaban J connectivity index is 3.41. The minimum absolute atomic E-state index is 0.235. The van der Waals surface area contributed by atoms with Crippen molar-refractivity contribution >= 4 is 11.6 Å². The first-order chi connectivity index (χ1) is 10.9. The Bertz CT molecular complexity index is 256. The monoisotopic (exact) mass is 348 g/mol. The van der Waals surface area contributed by atoms with E-state index in [1.165, 1.54) is 64.2 Å². The number of halogens is 1. The topological polar surface area (TPSA) is 20.2 Å². The molecule has 2 atom stereocenters. The Kier molecular flexibility index (Phi) is 14.7. The van der Waals surface area contributed by atoms with Gasteiger partial charge in [-0.15, -0.1) is 11.6 Å². The molecule has 0 amide bonds. The van der Waals surface area contributed by atoms with E-state index in [-0.39, 0.29) is 6.10 Å². The van der Waals surface area contributed by atoms with E-state index in [0.29, 0.717) is 5.38 Å². The number of alkyl halides is 1. The van der Waals surface area contributed by atoms with Gasteiger partial charge in [-0.1, -0.05) is 71.1 Å². The first-order valence-electron chi connectivity index (χ1n) is 10.0. The van der Waals surface area contributed by atoms with Crippen molar-refractivity contribution in [2.75, 3.05) is 27.2 Å². The Morgan fingerprint density at radius 2 is 1.30 bits per heavy atom. The van der Waals surface area contributed by atoms with E-state index in [9.17, 15) is 5.11 Å². The Hall–Kier alpha value is 0.210. The van der Waals surface area contributed by atoms with Crippen molar-refractivity contribution in [3.05, 3.63) is 0 Å². The van der Waals surface area contributed by atoms with Crippen molar-refractivity contribution in [3.8, 4) is 0 Å². The number of aliphatic hydroxyl groups is 1. The van der Waals surface area contributed by atoms with Crippen LogP contribution >= 0.6 is 11.6 Å². The van der Waals surface area contributed by atoms with Gasteiger partial charge in [0, 0.05) is 11.8 Å². The molecular formula is C20H43ClNO+. The van der Waals surface area contributed by atoms with Crippen molar-refractivity contribution in [1.82, 2.24) is 0 Å². The summed E-state index contributed by atoms with van der Waals surface area (Å²) in [6, 6.07) is 0. The molecule has 0 spiro atoms. The van der Waals surface area contributed by atoms with Crippen LogP contribution in [0.25, 0.3) is 0 Å². The molecule has 0 rings (SSSR count). The SMILES string of the molecule is CCCCCCCCCCCCC(Cl)CC[N+](C)(C)CC(C)O. The molecule has 0 saturated heterocycles. The highest BCUT2D eigenvalue weighted by Crippen LogP contribution is 2.17. The van der Waals surface area contributed by atoms with Crippen LogP contribution in [0.4, 0.5) is 0 Å². The van der Waals surface area contributed by atoms with Crippen molar-refractivity contribution in [3.63, 3.8) is 0 Å². The molecule has 0 aliphatic carbocycles. The summed E-state index contributed by atoms with van der Waals surface area (Å²) in [5, 5.41) is 9.81. The zero-order valence-corrected chi connectivity index (χ0v) is 17.1. The van der Waals surface area contributed by atoms with Crippen molar-refractivity contribution in [2.45, 2.75) is 102 Å². The van der Waals surface area contributed by atoms with Gasteiger partial charge in [0.25, 0.3) is 0 Å². The molecule has 0 bridgehead atoms. The molecule has 0 aromatic carbocycles. The van der Waals surface area contributed by atoms with Crippen LogP contribution in [0.1, 0.15) is 90.9 Å². The first-order valence-corrected chi connectivity index (χ1v) is 10.4. The van der Waals surface area contributed by atoms with Gasteiger partial charge < -0.3 is 9.59 Å². The van der Waals surface area contributed by atoms with Crippen LogP contribution in [0.5, 0.6) is 0 Å². The fourth-order valence-corrected chi connectivity index (χ4v) is 3.55. The van der Waals surface area contributed by atoms with Gasteiger partial charge in [0.2, 0.25) is 0 Å². The maximum absolute atomic E-state index is 9.51. The van der Waals surface area contributed by atoms with Crippen molar-refractivity contribution < 1.29 is 9.59 Å². The second-order valence-corrected chi connectivity index (χ2v) is 8.66. The number of nitrogens with zero attached hydrogens (tertiary/aromatic N) is 1. The van der Waals surface area contributed by atoms with Crippen LogP contribution in [0, 0.1) is 0 Å². The fraction of sp³-hybridized carbons (Fsp3) is 1.00. The molecule has 0 aliphatic heterocycles. The van der Waals surface area contributed by atoms with Gasteiger partial charge in [-0.05, 0) is 13.3 Å². The number of rotatable bonds is 16. The largest absolute Gasteiger partial charge is 0.388 e. The third-order valence-electron chi connectivity index (χ3n) is 4.68. The molecule has 0 aliphatic rings. The van der Waals surface area contributed by atoms with E-state index in [0.717, 1.165) is 30.4 Å². The van der Waals surface area contributed by atoms with E-state index in [2.05, 4.69) is 21.0 Å². The van der Waals surface area contributed by atoms with Crippen LogP contribution in [0.3, 0.4) is 0 Å². The van der Waals surface area contributed by atoms with E-state index in [1.54, 1.807) is 0 Å². The lowest BCUT2D eigenvalue weighted by Gasteiger charge is -2.31. The quantitative estimate of drug-likeness (QED) is 0.214. The number of unbranched alkanes of at least 4 members (excludes halogenated alkanes) is 9. The number of hydrogen-bond acceptors (Lipinski definition) is 1. The molecule has 23 heavy (non-hydrogen) atoms. The fourth-order valence-electron chi connectivity index (χ4n) is 3.29. The molecule has 2 nitrogen and oxygen atoms in total. The molecule has 0 aromatic rings. The van der Waals surface area contributed by atoms with E-state index in [4.69, 9.17) is 11.6 Å². The molecule has 1 N–H and O–H groups in total. The van der Waals surface area contributed by atoms with Gasteiger partial charge in [-0.25, -0.2) is 0 Å². The average molecular weight is 349 g/mol. The molecule has 0 saturated carbocycles. The predicted octanol–water partition coefficient (Wildman–Crippen LogP) is 5.75. The first kappa shape index (κ1) is 23.2. The van der Waals surface area contributed by atoms with E-state index >= 15 is 0 Å². The summed E-state index contributed by atoms with van der Waals surface area (Å²) in [6.07, 6.45) is 15.8. The lowest BCUT2D eigenvalue weighted by Crippen LogP contribution is -2.45. The maximum atomic E-state index is 9.51. The van der Waals surface area contributed by atoms with E-state index in [1.807, 2.05) is 6.92 Å². The summed E-state index contributed by atoms with van der Waals surface area (Å²) in [4.78, 5) is 0. The summed E-state index contributed by atoms with van der Waals surface area (Å²) in [5.41, 5.74) is 0. The Morgan fingerprint density at radius 3 is 1.78 bits per heavy atom. The van der Waals surface area contributed by atoms with Crippen LogP contribution in [0.2, 0.25) is 0 Å². The van der Waals surface area contributed by atoms with Gasteiger partial charge in [0.15, 0.2) is 0 Å². The zero-order valence-electron chi connectivity index (χ0n) is 16.3. The predicted molar refractivity (Wildman–Crippen MR) is 104 cm³/mol. The van der Waals surface area contributed by atoms with E-state index < -0.39 is 0 Å². The van der Waals surface area contributed by atoms with Gasteiger partial charge in [-0.3, -0.25) is 0 Å². The second-order valence-electron chi connectivity index (χ2n) is 8.05. The lowest BCUT2D eigenvalue weighted by atomic mass is 10.0. The zero-order chi connectivity index (χ0) is 17.6. The number of aliphatic hydroxyl groups excluding tert-OH is 1. The van der Waals surface area contributed by atoms with Crippen molar-refractivity contribution in [1.29, 1.82) is 0 Å². The Morgan fingerprint density at radius 1 is 0.826 bits per heavy atom.